The van der Waals surface area contributed by atoms with Gasteiger partial charge in [0.2, 0.25) is 5.88 Å². The molecule has 0 radical (unpaired) electrons. The highest BCUT2D eigenvalue weighted by molar-refractivity contribution is 5.97. The lowest BCUT2D eigenvalue weighted by Gasteiger charge is -2.58. The first-order valence-electron chi connectivity index (χ1n) is 14.8. The Balaban J connectivity index is 1.14. The molecule has 3 aromatic rings. The van der Waals surface area contributed by atoms with Crippen LogP contribution < -0.4 is 20.1 Å². The van der Waals surface area contributed by atoms with E-state index in [4.69, 9.17) is 14.5 Å². The van der Waals surface area contributed by atoms with Crippen molar-refractivity contribution in [2.75, 3.05) is 32.8 Å². The Labute approximate surface area is 253 Å². The third-order valence-corrected chi connectivity index (χ3v) is 8.39. The van der Waals surface area contributed by atoms with Gasteiger partial charge in [0, 0.05) is 42.9 Å². The van der Waals surface area contributed by atoms with Gasteiger partial charge in [-0.2, -0.15) is 13.2 Å². The van der Waals surface area contributed by atoms with Crippen LogP contribution in [0, 0.1) is 5.41 Å². The molecule has 232 valence electrons. The van der Waals surface area contributed by atoms with Gasteiger partial charge in [0.05, 0.1) is 24.3 Å². The first-order chi connectivity index (χ1) is 21.1. The monoisotopic (exact) mass is 609 g/mol. The van der Waals surface area contributed by atoms with Crippen molar-refractivity contribution in [3.05, 3.63) is 71.5 Å². The van der Waals surface area contributed by atoms with Crippen LogP contribution in [0.3, 0.4) is 0 Å². The minimum atomic E-state index is -4.40. The van der Waals surface area contributed by atoms with Crippen LogP contribution in [0.5, 0.6) is 11.6 Å². The van der Waals surface area contributed by atoms with E-state index in [1.54, 1.807) is 35.4 Å². The van der Waals surface area contributed by atoms with E-state index in [2.05, 4.69) is 15.6 Å². The first kappa shape index (κ1) is 29.9. The summed E-state index contributed by atoms with van der Waals surface area (Å²) in [5.41, 5.74) is 1.30. The highest BCUT2D eigenvalue weighted by Gasteiger charge is 2.55. The van der Waals surface area contributed by atoms with Crippen molar-refractivity contribution in [3.8, 4) is 22.9 Å². The molecule has 2 saturated heterocycles. The number of aromatic nitrogens is 2. The number of alkyl halides is 3. The maximum atomic E-state index is 13.4. The lowest BCUT2D eigenvalue weighted by molar-refractivity contribution is -0.127. The van der Waals surface area contributed by atoms with E-state index in [1.165, 1.54) is 18.2 Å². The van der Waals surface area contributed by atoms with Crippen LogP contribution in [0.4, 0.5) is 13.2 Å². The highest BCUT2D eigenvalue weighted by Crippen LogP contribution is 2.50. The number of hydrogen-bond acceptors (Lipinski definition) is 7. The molecule has 1 spiro atoms. The predicted molar refractivity (Wildman–Crippen MR) is 156 cm³/mol. The molecule has 2 amide bonds. The minimum Gasteiger partial charge on any atom is -0.488 e. The molecular weight excluding hydrogens is 575 g/mol. The number of ether oxygens (including phenoxy) is 2. The average Bonchev–Trinajstić information content (AvgIpc) is 3.46. The minimum absolute atomic E-state index is 0.00934. The second-order valence-corrected chi connectivity index (χ2v) is 11.8. The molecule has 0 unspecified atom stereocenters. The Morgan fingerprint density at radius 3 is 2.64 bits per heavy atom. The second kappa shape index (κ2) is 12.1. The van der Waals surface area contributed by atoms with Crippen LogP contribution in [-0.2, 0) is 6.42 Å². The fourth-order valence-electron chi connectivity index (χ4n) is 6.33. The molecule has 4 heterocycles. The van der Waals surface area contributed by atoms with Gasteiger partial charge in [0.15, 0.2) is 11.4 Å². The number of benzene rings is 1. The molecule has 2 aliphatic heterocycles. The normalized spacial score (nSPS) is 19.3. The Morgan fingerprint density at radius 1 is 1.11 bits per heavy atom. The van der Waals surface area contributed by atoms with E-state index in [-0.39, 0.29) is 46.2 Å². The first-order valence-corrected chi connectivity index (χ1v) is 14.8. The number of pyridine rings is 2. The average molecular weight is 610 g/mol. The molecule has 2 aromatic heterocycles. The lowest BCUT2D eigenvalue weighted by atomic mass is 9.61. The van der Waals surface area contributed by atoms with Crippen molar-refractivity contribution in [1.82, 2.24) is 25.5 Å². The topological polar surface area (TPSA) is 106 Å². The zero-order chi connectivity index (χ0) is 30.9. The molecule has 1 saturated carbocycles. The maximum Gasteiger partial charge on any atom is 0.393 e. The van der Waals surface area contributed by atoms with E-state index in [9.17, 15) is 22.8 Å². The summed E-state index contributed by atoms with van der Waals surface area (Å²) in [5, 5.41) is 6.29. The molecule has 2 N–H and O–H groups in total. The van der Waals surface area contributed by atoms with Gasteiger partial charge in [0.25, 0.3) is 11.8 Å². The molecule has 12 heteroatoms. The summed E-state index contributed by atoms with van der Waals surface area (Å²) in [5.74, 6) is 0.0759. The van der Waals surface area contributed by atoms with Crippen LogP contribution >= 0.6 is 0 Å². The lowest BCUT2D eigenvalue weighted by Crippen LogP contribution is -2.65. The van der Waals surface area contributed by atoms with Gasteiger partial charge in [-0.15, -0.1) is 0 Å². The molecule has 1 atom stereocenters. The summed E-state index contributed by atoms with van der Waals surface area (Å²) >= 11 is 0. The molecule has 1 aromatic carbocycles. The Morgan fingerprint density at radius 2 is 1.91 bits per heavy atom. The Hall–Kier alpha value is -4.19. The maximum absolute atomic E-state index is 13.4. The Kier molecular flexibility index (Phi) is 8.19. The summed E-state index contributed by atoms with van der Waals surface area (Å²) in [6, 6.07) is 13.0. The third kappa shape index (κ3) is 6.35. The zero-order valence-corrected chi connectivity index (χ0v) is 24.3. The van der Waals surface area contributed by atoms with Crippen molar-refractivity contribution in [1.29, 1.82) is 0 Å². The SMILES string of the molecule is CCOc1ncccc1-c1ccc(OC2CC3(C2)CN(C(=O)c2ccccc2CC(F)(F)F)C3)c(C(=O)N[C@@H]2CCNC2)n1. The summed E-state index contributed by atoms with van der Waals surface area (Å²) in [6.07, 6.45) is -1.95. The Bertz CT molecular complexity index is 1530. The fraction of sp³-hybridized carbons (Fsp3) is 0.438. The van der Waals surface area contributed by atoms with E-state index in [1.807, 2.05) is 13.0 Å². The smallest absolute Gasteiger partial charge is 0.393 e. The van der Waals surface area contributed by atoms with Crippen LogP contribution in [0.1, 0.15) is 52.6 Å². The van der Waals surface area contributed by atoms with Crippen molar-refractivity contribution >= 4 is 11.8 Å². The molecule has 6 rings (SSSR count). The van der Waals surface area contributed by atoms with E-state index in [0.29, 0.717) is 62.0 Å². The zero-order valence-electron chi connectivity index (χ0n) is 24.3. The molecule has 0 bridgehead atoms. The molecule has 9 nitrogen and oxygen atoms in total. The molecule has 3 aliphatic rings. The van der Waals surface area contributed by atoms with E-state index >= 15 is 0 Å². The highest BCUT2D eigenvalue weighted by atomic mass is 19.4. The van der Waals surface area contributed by atoms with Crippen molar-refractivity contribution in [2.24, 2.45) is 5.41 Å². The van der Waals surface area contributed by atoms with Crippen LogP contribution in [0.15, 0.2) is 54.7 Å². The van der Waals surface area contributed by atoms with Gasteiger partial charge in [-0.3, -0.25) is 9.59 Å². The van der Waals surface area contributed by atoms with E-state index < -0.39 is 12.6 Å². The summed E-state index contributed by atoms with van der Waals surface area (Å²) in [7, 11) is 0. The largest absolute Gasteiger partial charge is 0.488 e. The standard InChI is InChI=1S/C32H34F3N5O4/c1-2-43-29-24(8-5-12-37-29)25-9-10-26(27(39-25)28(41)38-21-11-13-36-17-21)44-22-15-31(16-22)18-40(19-31)30(42)23-7-4-3-6-20(23)14-32(33,34)35/h3-10,12,21-22,36H,2,11,13-19H2,1H3,(H,38,41)/t21-/m1/s1. The quantitative estimate of drug-likeness (QED) is 0.370. The predicted octanol–water partition coefficient (Wildman–Crippen LogP) is 4.42. The van der Waals surface area contributed by atoms with Gasteiger partial charge in [-0.1, -0.05) is 18.2 Å². The molecule has 1 aliphatic carbocycles. The molecule has 3 fully saturated rings. The summed E-state index contributed by atoms with van der Waals surface area (Å²) in [4.78, 5) is 37.1. The molecular formula is C32H34F3N5O4. The van der Waals surface area contributed by atoms with Gasteiger partial charge < -0.3 is 25.0 Å². The van der Waals surface area contributed by atoms with Gasteiger partial charge >= 0.3 is 6.18 Å². The summed E-state index contributed by atoms with van der Waals surface area (Å²) < 4.78 is 51.1. The van der Waals surface area contributed by atoms with Crippen molar-refractivity contribution < 1.29 is 32.2 Å². The van der Waals surface area contributed by atoms with Crippen LogP contribution in [0.25, 0.3) is 11.3 Å². The third-order valence-electron chi connectivity index (χ3n) is 8.39. The number of carbonyl (C=O) groups is 2. The molecule has 44 heavy (non-hydrogen) atoms. The second-order valence-electron chi connectivity index (χ2n) is 11.8. The number of nitrogens with one attached hydrogen (secondary N) is 2. The number of nitrogens with zero attached hydrogens (tertiary/aromatic N) is 3. The van der Waals surface area contributed by atoms with Crippen LogP contribution in [-0.4, -0.2) is 77.8 Å². The number of hydrogen-bond donors (Lipinski definition) is 2. The van der Waals surface area contributed by atoms with Crippen molar-refractivity contribution in [3.63, 3.8) is 0 Å². The summed E-state index contributed by atoms with van der Waals surface area (Å²) in [6.45, 7) is 4.71. The number of likely N-dealkylation sites (tertiary alicyclic amines) is 1. The van der Waals surface area contributed by atoms with Gasteiger partial charge in [-0.25, -0.2) is 9.97 Å². The van der Waals surface area contributed by atoms with Gasteiger partial charge in [-0.05, 0) is 68.6 Å². The van der Waals surface area contributed by atoms with E-state index in [0.717, 1.165) is 13.0 Å². The van der Waals surface area contributed by atoms with Gasteiger partial charge in [0.1, 0.15) is 6.10 Å². The number of amides is 2. The fourth-order valence-corrected chi connectivity index (χ4v) is 6.33. The van der Waals surface area contributed by atoms with Crippen LogP contribution in [0.2, 0.25) is 0 Å². The number of carbonyl (C=O) groups excluding carboxylic acids is 2. The number of halogens is 3. The van der Waals surface area contributed by atoms with Crippen molar-refractivity contribution in [2.45, 2.75) is 50.9 Å². The number of rotatable bonds is 9.